The number of pyridine rings is 1. The van der Waals surface area contributed by atoms with E-state index in [0.717, 1.165) is 12.2 Å². The molecule has 0 bridgehead atoms. The zero-order valence-corrected chi connectivity index (χ0v) is 21.5. The molecule has 1 saturated heterocycles. The van der Waals surface area contributed by atoms with Gasteiger partial charge in [-0.15, -0.1) is 0 Å². The molecule has 0 radical (unpaired) electrons. The van der Waals surface area contributed by atoms with Crippen LogP contribution in [0, 0.1) is 0 Å². The number of fused-ring (bicyclic) bond motifs is 1. The van der Waals surface area contributed by atoms with Crippen molar-refractivity contribution in [3.05, 3.63) is 45.6 Å². The molecule has 0 spiro atoms. The van der Waals surface area contributed by atoms with Crippen LogP contribution in [0.25, 0.3) is 11.2 Å². The molecule has 12 heteroatoms. The lowest BCUT2D eigenvalue weighted by Crippen LogP contribution is -2.34. The third-order valence-electron chi connectivity index (χ3n) is 6.27. The highest BCUT2D eigenvalue weighted by atomic mass is 35.5. The van der Waals surface area contributed by atoms with Crippen LogP contribution in [0.3, 0.4) is 0 Å². The van der Waals surface area contributed by atoms with Crippen molar-refractivity contribution in [3.63, 3.8) is 0 Å². The van der Waals surface area contributed by atoms with E-state index in [-0.39, 0.29) is 27.9 Å². The first kappa shape index (κ1) is 24.3. The van der Waals surface area contributed by atoms with Crippen LogP contribution in [0.1, 0.15) is 24.5 Å². The van der Waals surface area contributed by atoms with Crippen LogP contribution in [-0.2, 0) is 11.3 Å². The number of nitrogens with zero attached hydrogens (tertiary/aromatic N) is 6. The van der Waals surface area contributed by atoms with Crippen LogP contribution < -0.4 is 20.3 Å². The molecule has 2 unspecified atom stereocenters. The van der Waals surface area contributed by atoms with Gasteiger partial charge in [-0.2, -0.15) is 5.10 Å². The van der Waals surface area contributed by atoms with Crippen LogP contribution in [0.5, 0.6) is 11.5 Å². The van der Waals surface area contributed by atoms with Gasteiger partial charge in [-0.05, 0) is 18.6 Å². The largest absolute Gasteiger partial charge is 0.495 e. The van der Waals surface area contributed by atoms with Crippen molar-refractivity contribution in [3.8, 4) is 11.5 Å². The van der Waals surface area contributed by atoms with E-state index >= 15 is 0 Å². The predicted octanol–water partition coefficient (Wildman–Crippen LogP) is 3.28. The van der Waals surface area contributed by atoms with Gasteiger partial charge in [-0.1, -0.05) is 23.2 Å². The van der Waals surface area contributed by atoms with Gasteiger partial charge in [0.05, 0.1) is 32.0 Å². The van der Waals surface area contributed by atoms with Crippen molar-refractivity contribution >= 4 is 52.2 Å². The standard InChI is InChI=1S/C24H25Cl2N7O3/c1-32-11-13(9-28-32)16-10-27-15-5-6-19(33(24(15)30-16)12-14-4-7-20(34)29-14)31-23-21(25)17(35-2)8-18(36-3)22(23)26/h5-6,8-10,13-14H,4,7,11-12H2,1-3H3,(H,29,34)/b31-19+. The fourth-order valence-electron chi connectivity index (χ4n) is 4.39. The topological polar surface area (TPSA) is 106 Å². The van der Waals surface area contributed by atoms with E-state index in [1.54, 1.807) is 12.3 Å². The summed E-state index contributed by atoms with van der Waals surface area (Å²) in [6.45, 7) is 1.17. The highest BCUT2D eigenvalue weighted by Gasteiger charge is 2.24. The average Bonchev–Trinajstić information content (AvgIpc) is 3.50. The highest BCUT2D eigenvalue weighted by molar-refractivity contribution is 6.40. The summed E-state index contributed by atoms with van der Waals surface area (Å²) in [5, 5.41) is 9.73. The minimum absolute atomic E-state index is 0.0265. The summed E-state index contributed by atoms with van der Waals surface area (Å²) in [6.07, 6.45) is 4.84. The summed E-state index contributed by atoms with van der Waals surface area (Å²) < 4.78 is 12.7. The Kier molecular flexibility index (Phi) is 6.72. The zero-order valence-electron chi connectivity index (χ0n) is 20.0. The number of methoxy groups -OCH3 is 2. The molecule has 10 nitrogen and oxygen atoms in total. The van der Waals surface area contributed by atoms with Gasteiger partial charge in [0.2, 0.25) is 5.91 Å². The highest BCUT2D eigenvalue weighted by Crippen LogP contribution is 2.45. The summed E-state index contributed by atoms with van der Waals surface area (Å²) >= 11 is 13.2. The Bertz CT molecular complexity index is 1410. The number of rotatable bonds is 6. The average molecular weight is 530 g/mol. The van der Waals surface area contributed by atoms with E-state index in [4.69, 9.17) is 42.7 Å². The molecule has 36 heavy (non-hydrogen) atoms. The quantitative estimate of drug-likeness (QED) is 0.525. The van der Waals surface area contributed by atoms with Crippen LogP contribution in [0.4, 0.5) is 5.69 Å². The fourth-order valence-corrected chi connectivity index (χ4v) is 4.97. The molecular weight excluding hydrogens is 505 g/mol. The van der Waals surface area contributed by atoms with E-state index in [9.17, 15) is 4.79 Å². The predicted molar refractivity (Wildman–Crippen MR) is 137 cm³/mol. The molecule has 188 valence electrons. The van der Waals surface area contributed by atoms with E-state index < -0.39 is 0 Å². The first-order chi connectivity index (χ1) is 17.4. The number of likely N-dealkylation sites (N-methyl/N-ethyl adjacent to an activating group) is 1. The third-order valence-corrected chi connectivity index (χ3v) is 7.00. The van der Waals surface area contributed by atoms with Gasteiger partial charge in [-0.25, -0.2) is 9.98 Å². The van der Waals surface area contributed by atoms with Crippen molar-refractivity contribution < 1.29 is 14.3 Å². The number of benzene rings is 1. The van der Waals surface area contributed by atoms with E-state index in [1.807, 2.05) is 35.0 Å². The molecule has 2 aliphatic rings. The number of ether oxygens (including phenoxy) is 2. The lowest BCUT2D eigenvalue weighted by atomic mass is 10.1. The number of hydrazone groups is 1. The van der Waals surface area contributed by atoms with Crippen molar-refractivity contribution in [2.45, 2.75) is 31.3 Å². The molecule has 2 aliphatic heterocycles. The third kappa shape index (κ3) is 4.58. The number of carbonyl (C=O) groups excluding carboxylic acids is 1. The Labute approximate surface area is 217 Å². The van der Waals surface area contributed by atoms with Crippen LogP contribution in [-0.4, -0.2) is 65.5 Å². The molecule has 2 atom stereocenters. The van der Waals surface area contributed by atoms with Crippen molar-refractivity contribution in [1.29, 1.82) is 0 Å². The molecule has 3 aromatic rings. The van der Waals surface area contributed by atoms with Crippen molar-refractivity contribution in [1.82, 2.24) is 24.9 Å². The summed E-state index contributed by atoms with van der Waals surface area (Å²) in [4.78, 5) is 26.4. The summed E-state index contributed by atoms with van der Waals surface area (Å²) in [6, 6.07) is 5.22. The second kappa shape index (κ2) is 9.94. The summed E-state index contributed by atoms with van der Waals surface area (Å²) in [7, 11) is 4.94. The van der Waals surface area contributed by atoms with Gasteiger partial charge in [0.25, 0.3) is 0 Å². The minimum Gasteiger partial charge on any atom is -0.495 e. The zero-order chi connectivity index (χ0) is 25.4. The molecule has 1 fully saturated rings. The maximum atomic E-state index is 11.9. The fraction of sp³-hybridized carbons (Fsp3) is 0.375. The van der Waals surface area contributed by atoms with Crippen LogP contribution in [0.15, 0.2) is 34.5 Å². The normalized spacial score (nSPS) is 19.9. The minimum atomic E-state index is -0.0718. The second-order valence-electron chi connectivity index (χ2n) is 8.69. The Balaban J connectivity index is 1.72. The molecule has 4 heterocycles. The Morgan fingerprint density at radius 1 is 1.19 bits per heavy atom. The molecule has 2 aromatic heterocycles. The van der Waals surface area contributed by atoms with Crippen molar-refractivity contribution in [2.24, 2.45) is 10.1 Å². The first-order valence-corrected chi connectivity index (χ1v) is 12.2. The number of halogens is 2. The Morgan fingerprint density at radius 2 is 1.94 bits per heavy atom. The number of carbonyl (C=O) groups is 1. The number of hydrogen-bond acceptors (Lipinski definition) is 8. The summed E-state index contributed by atoms with van der Waals surface area (Å²) in [5.41, 5.74) is 3.00. The lowest BCUT2D eigenvalue weighted by molar-refractivity contribution is -0.119. The SMILES string of the molecule is COc1cc(OC)c(Cl)c(/N=c2\ccc3ncc(C4C=NN(C)C4)nc3n2CC2CCC(=O)N2)c1Cl. The maximum absolute atomic E-state index is 11.9. The molecule has 1 aromatic carbocycles. The molecular formula is C24H25Cl2N7O3. The van der Waals surface area contributed by atoms with Gasteiger partial charge in [0.1, 0.15) is 38.2 Å². The van der Waals surface area contributed by atoms with E-state index in [0.29, 0.717) is 53.2 Å². The molecule has 5 rings (SSSR count). The number of nitrogens with one attached hydrogen (secondary N) is 1. The van der Waals surface area contributed by atoms with Gasteiger partial charge >= 0.3 is 0 Å². The van der Waals surface area contributed by atoms with Gasteiger partial charge < -0.3 is 19.4 Å². The Hall–Kier alpha value is -3.37. The smallest absolute Gasteiger partial charge is 0.220 e. The van der Waals surface area contributed by atoms with Crippen LogP contribution in [0.2, 0.25) is 10.0 Å². The van der Waals surface area contributed by atoms with E-state index in [1.165, 1.54) is 14.2 Å². The second-order valence-corrected chi connectivity index (χ2v) is 9.45. The van der Waals surface area contributed by atoms with Gasteiger partial charge in [-0.3, -0.25) is 14.8 Å². The molecule has 0 aliphatic carbocycles. The number of aromatic nitrogens is 3. The first-order valence-electron chi connectivity index (χ1n) is 11.4. The molecule has 1 amide bonds. The van der Waals surface area contributed by atoms with Crippen molar-refractivity contribution in [2.75, 3.05) is 27.8 Å². The summed E-state index contributed by atoms with van der Waals surface area (Å²) in [5.74, 6) is 0.830. The maximum Gasteiger partial charge on any atom is 0.220 e. The lowest BCUT2D eigenvalue weighted by Gasteiger charge is -2.17. The van der Waals surface area contributed by atoms with Gasteiger partial charge in [0, 0.05) is 44.9 Å². The Morgan fingerprint density at radius 3 is 2.56 bits per heavy atom. The van der Waals surface area contributed by atoms with Crippen LogP contribution >= 0.6 is 23.2 Å². The van der Waals surface area contributed by atoms with Gasteiger partial charge in [0.15, 0.2) is 5.65 Å². The molecule has 1 N–H and O–H groups in total. The number of hydrogen-bond donors (Lipinski definition) is 1. The monoisotopic (exact) mass is 529 g/mol. The molecule has 0 saturated carbocycles. The van der Waals surface area contributed by atoms with E-state index in [2.05, 4.69) is 15.4 Å². The number of amides is 1.